The van der Waals surface area contributed by atoms with Crippen LogP contribution >= 0.6 is 0 Å². The highest BCUT2D eigenvalue weighted by molar-refractivity contribution is 5.72. The van der Waals surface area contributed by atoms with Gasteiger partial charge in [-0.05, 0) is 26.3 Å². The van der Waals surface area contributed by atoms with Crippen LogP contribution in [0, 0.1) is 6.92 Å². The summed E-state index contributed by atoms with van der Waals surface area (Å²) in [5.41, 5.74) is 2.31. The Morgan fingerprint density at radius 1 is 1.27 bits per heavy atom. The minimum absolute atomic E-state index is 0.0525. The summed E-state index contributed by atoms with van der Waals surface area (Å²) >= 11 is 0. The van der Waals surface area contributed by atoms with Crippen molar-refractivity contribution in [2.75, 3.05) is 0 Å². The monoisotopic (exact) mass is 207 g/mol. The lowest BCUT2D eigenvalue weighted by atomic mass is 10.1. The van der Waals surface area contributed by atoms with Gasteiger partial charge in [0.15, 0.2) is 0 Å². The molecule has 15 heavy (non-hydrogen) atoms. The number of aliphatic carboxylic acids is 1. The fourth-order valence-electron chi connectivity index (χ4n) is 1.40. The van der Waals surface area contributed by atoms with Crippen LogP contribution in [0.5, 0.6) is 0 Å². The second-order valence-electron chi connectivity index (χ2n) is 3.86. The number of aryl methyl sites for hydroxylation is 1. The number of nitrogens with one attached hydrogen (secondary N) is 1. The van der Waals surface area contributed by atoms with Gasteiger partial charge in [0.2, 0.25) is 0 Å². The molecule has 0 saturated heterocycles. The minimum atomic E-state index is -0.825. The van der Waals surface area contributed by atoms with E-state index in [4.69, 9.17) is 5.11 Å². The topological polar surface area (TPSA) is 49.3 Å². The normalized spacial score (nSPS) is 14.6. The smallest absolute Gasteiger partial charge is 0.320 e. The molecule has 2 N–H and O–H groups in total. The first-order valence-corrected chi connectivity index (χ1v) is 5.06. The van der Waals surface area contributed by atoms with E-state index in [2.05, 4.69) is 5.32 Å². The number of hydrogen-bond donors (Lipinski definition) is 2. The summed E-state index contributed by atoms with van der Waals surface area (Å²) in [4.78, 5) is 10.7. The molecule has 0 bridgehead atoms. The van der Waals surface area contributed by atoms with E-state index in [9.17, 15) is 4.79 Å². The maximum absolute atomic E-state index is 10.7. The molecular formula is C12H17NO2. The number of carboxylic acids is 1. The predicted molar refractivity (Wildman–Crippen MR) is 59.8 cm³/mol. The first-order valence-electron chi connectivity index (χ1n) is 5.06. The Morgan fingerprint density at radius 3 is 2.27 bits per heavy atom. The van der Waals surface area contributed by atoms with Crippen LogP contribution < -0.4 is 5.32 Å². The highest BCUT2D eigenvalue weighted by Crippen LogP contribution is 2.13. The van der Waals surface area contributed by atoms with Crippen molar-refractivity contribution < 1.29 is 9.90 Å². The molecule has 82 valence electrons. The fraction of sp³-hybridized carbons (Fsp3) is 0.417. The molecule has 1 unspecified atom stereocenters. The Hall–Kier alpha value is -1.35. The molecule has 0 amide bonds. The molecule has 0 fully saturated rings. The summed E-state index contributed by atoms with van der Waals surface area (Å²) in [6.07, 6.45) is 0. The first-order chi connectivity index (χ1) is 7.00. The van der Waals surface area contributed by atoms with Crippen LogP contribution in [0.25, 0.3) is 0 Å². The molecule has 0 aliphatic heterocycles. The molecule has 1 rings (SSSR count). The molecule has 1 aromatic carbocycles. The molecule has 0 radical (unpaired) electrons. The van der Waals surface area contributed by atoms with Crippen molar-refractivity contribution >= 4 is 5.97 Å². The molecule has 1 aromatic rings. The molecule has 0 heterocycles. The number of carboxylic acid groups (broad SMARTS) is 1. The molecule has 2 atom stereocenters. The van der Waals surface area contributed by atoms with Gasteiger partial charge in [0, 0.05) is 6.04 Å². The molecule has 0 saturated carbocycles. The van der Waals surface area contributed by atoms with E-state index in [1.807, 2.05) is 38.1 Å². The van der Waals surface area contributed by atoms with Gasteiger partial charge in [-0.25, -0.2) is 0 Å². The van der Waals surface area contributed by atoms with Gasteiger partial charge >= 0.3 is 5.97 Å². The SMILES string of the molecule is Cc1ccc([C@@H](C)NC(C)C(=O)O)cc1. The highest BCUT2D eigenvalue weighted by Gasteiger charge is 2.14. The van der Waals surface area contributed by atoms with Crippen LogP contribution in [0.3, 0.4) is 0 Å². The van der Waals surface area contributed by atoms with E-state index in [0.717, 1.165) is 5.56 Å². The number of hydrogen-bond acceptors (Lipinski definition) is 2. The van der Waals surface area contributed by atoms with Gasteiger partial charge in [-0.1, -0.05) is 29.8 Å². The van der Waals surface area contributed by atoms with Crippen LogP contribution in [0.1, 0.15) is 31.0 Å². The number of rotatable bonds is 4. The molecule has 3 heteroatoms. The van der Waals surface area contributed by atoms with Crippen molar-refractivity contribution in [3.8, 4) is 0 Å². The Bertz CT molecular complexity index is 332. The Balaban J connectivity index is 2.64. The maximum atomic E-state index is 10.7. The third-order valence-electron chi connectivity index (χ3n) is 2.45. The average molecular weight is 207 g/mol. The number of carbonyl (C=O) groups is 1. The molecule has 0 aliphatic carbocycles. The first kappa shape index (κ1) is 11.7. The van der Waals surface area contributed by atoms with Crippen molar-refractivity contribution in [2.45, 2.75) is 32.9 Å². The highest BCUT2D eigenvalue weighted by atomic mass is 16.4. The van der Waals surface area contributed by atoms with Crippen molar-refractivity contribution in [1.82, 2.24) is 5.32 Å². The Labute approximate surface area is 90.1 Å². The molecule has 0 aliphatic rings. The van der Waals surface area contributed by atoms with Crippen molar-refractivity contribution in [3.63, 3.8) is 0 Å². The summed E-state index contributed by atoms with van der Waals surface area (Å²) in [7, 11) is 0. The summed E-state index contributed by atoms with van der Waals surface area (Å²) in [5.74, 6) is -0.825. The third kappa shape index (κ3) is 3.36. The van der Waals surface area contributed by atoms with Gasteiger partial charge in [0.25, 0.3) is 0 Å². The lowest BCUT2D eigenvalue weighted by molar-refractivity contribution is -0.139. The largest absolute Gasteiger partial charge is 0.480 e. The zero-order chi connectivity index (χ0) is 11.4. The van der Waals surface area contributed by atoms with Crippen LogP contribution in [-0.2, 0) is 4.79 Å². The molecule has 0 aromatic heterocycles. The van der Waals surface area contributed by atoms with Crippen molar-refractivity contribution in [3.05, 3.63) is 35.4 Å². The van der Waals surface area contributed by atoms with E-state index in [0.29, 0.717) is 0 Å². The summed E-state index contributed by atoms with van der Waals surface area (Å²) in [6, 6.07) is 7.61. The van der Waals surface area contributed by atoms with Crippen LogP contribution in [0.2, 0.25) is 0 Å². The zero-order valence-electron chi connectivity index (χ0n) is 9.32. The van der Waals surface area contributed by atoms with Crippen LogP contribution in [0.4, 0.5) is 0 Å². The standard InChI is InChI=1S/C12H17NO2/c1-8-4-6-11(7-5-8)9(2)13-10(3)12(14)15/h4-7,9-10,13H,1-3H3,(H,14,15)/t9-,10?/m1/s1. The predicted octanol–water partition coefficient (Wildman–Crippen LogP) is 2.12. The number of benzene rings is 1. The second-order valence-corrected chi connectivity index (χ2v) is 3.86. The van der Waals surface area contributed by atoms with Gasteiger partial charge < -0.3 is 5.11 Å². The summed E-state index contributed by atoms with van der Waals surface area (Å²) in [6.45, 7) is 5.64. The van der Waals surface area contributed by atoms with E-state index in [1.165, 1.54) is 5.56 Å². The zero-order valence-corrected chi connectivity index (χ0v) is 9.32. The lowest BCUT2D eigenvalue weighted by Gasteiger charge is -2.17. The van der Waals surface area contributed by atoms with E-state index >= 15 is 0 Å². The molecule has 0 spiro atoms. The fourth-order valence-corrected chi connectivity index (χ4v) is 1.40. The van der Waals surface area contributed by atoms with Gasteiger partial charge in [-0.2, -0.15) is 0 Å². The Kier molecular flexibility index (Phi) is 3.86. The van der Waals surface area contributed by atoms with Crippen LogP contribution in [0.15, 0.2) is 24.3 Å². The van der Waals surface area contributed by atoms with Crippen molar-refractivity contribution in [2.24, 2.45) is 0 Å². The second kappa shape index (κ2) is 4.94. The van der Waals surface area contributed by atoms with Crippen molar-refractivity contribution in [1.29, 1.82) is 0 Å². The van der Waals surface area contributed by atoms with Gasteiger partial charge in [-0.15, -0.1) is 0 Å². The quantitative estimate of drug-likeness (QED) is 0.795. The Morgan fingerprint density at radius 2 is 1.80 bits per heavy atom. The maximum Gasteiger partial charge on any atom is 0.320 e. The molecular weight excluding hydrogens is 190 g/mol. The van der Waals surface area contributed by atoms with E-state index in [1.54, 1.807) is 6.92 Å². The van der Waals surface area contributed by atoms with E-state index < -0.39 is 12.0 Å². The van der Waals surface area contributed by atoms with Gasteiger partial charge in [0.05, 0.1) is 0 Å². The van der Waals surface area contributed by atoms with Crippen LogP contribution in [-0.4, -0.2) is 17.1 Å². The third-order valence-corrected chi connectivity index (χ3v) is 2.45. The van der Waals surface area contributed by atoms with E-state index in [-0.39, 0.29) is 6.04 Å². The summed E-state index contributed by atoms with van der Waals surface area (Å²) < 4.78 is 0. The minimum Gasteiger partial charge on any atom is -0.480 e. The summed E-state index contributed by atoms with van der Waals surface area (Å²) in [5, 5.41) is 11.8. The average Bonchev–Trinajstić information content (AvgIpc) is 2.18. The lowest BCUT2D eigenvalue weighted by Crippen LogP contribution is -2.35. The van der Waals surface area contributed by atoms with Gasteiger partial charge in [-0.3, -0.25) is 10.1 Å². The molecule has 3 nitrogen and oxygen atoms in total. The van der Waals surface area contributed by atoms with Gasteiger partial charge in [0.1, 0.15) is 6.04 Å².